The molecule has 2 rings (SSSR count). The lowest BCUT2D eigenvalue weighted by molar-refractivity contribution is 0.207. The molecule has 0 aliphatic carbocycles. The molecule has 0 aliphatic rings. The average Bonchev–Trinajstić information content (AvgIpc) is 2.45. The van der Waals surface area contributed by atoms with Gasteiger partial charge in [-0.25, -0.2) is 13.2 Å². The SMILES string of the molecule is COc1cc(OC)cc(C(O)c2c(F)cc(F)cc2F)c1. The van der Waals surface area contributed by atoms with Gasteiger partial charge in [-0.2, -0.15) is 0 Å². The van der Waals surface area contributed by atoms with E-state index in [0.29, 0.717) is 23.6 Å². The highest BCUT2D eigenvalue weighted by Crippen LogP contribution is 2.32. The Labute approximate surface area is 119 Å². The molecule has 112 valence electrons. The number of hydrogen-bond acceptors (Lipinski definition) is 3. The maximum atomic E-state index is 13.7. The van der Waals surface area contributed by atoms with Crippen LogP contribution in [0.1, 0.15) is 17.2 Å². The van der Waals surface area contributed by atoms with Crippen LogP contribution in [-0.4, -0.2) is 19.3 Å². The molecular formula is C15H13F3O3. The van der Waals surface area contributed by atoms with E-state index in [1.165, 1.54) is 26.4 Å². The summed E-state index contributed by atoms with van der Waals surface area (Å²) in [6.07, 6.45) is -1.62. The Morgan fingerprint density at radius 3 is 1.76 bits per heavy atom. The molecule has 1 unspecified atom stereocenters. The second-order valence-corrected chi connectivity index (χ2v) is 4.33. The van der Waals surface area contributed by atoms with E-state index in [1.807, 2.05) is 0 Å². The topological polar surface area (TPSA) is 38.7 Å². The molecule has 0 spiro atoms. The highest BCUT2D eigenvalue weighted by molar-refractivity contribution is 5.42. The molecule has 2 aromatic carbocycles. The summed E-state index contributed by atoms with van der Waals surface area (Å²) in [6.45, 7) is 0. The van der Waals surface area contributed by atoms with Gasteiger partial charge in [0.2, 0.25) is 0 Å². The van der Waals surface area contributed by atoms with Crippen molar-refractivity contribution >= 4 is 0 Å². The Hall–Kier alpha value is -2.21. The Kier molecular flexibility index (Phi) is 4.37. The van der Waals surface area contributed by atoms with E-state index >= 15 is 0 Å². The van der Waals surface area contributed by atoms with Gasteiger partial charge in [-0.05, 0) is 17.7 Å². The zero-order chi connectivity index (χ0) is 15.6. The van der Waals surface area contributed by atoms with E-state index in [4.69, 9.17) is 9.47 Å². The van der Waals surface area contributed by atoms with Crippen molar-refractivity contribution in [2.45, 2.75) is 6.10 Å². The van der Waals surface area contributed by atoms with Gasteiger partial charge in [-0.15, -0.1) is 0 Å². The molecule has 0 saturated heterocycles. The molecule has 1 atom stereocenters. The molecule has 0 fully saturated rings. The summed E-state index contributed by atoms with van der Waals surface area (Å²) in [7, 11) is 2.81. The van der Waals surface area contributed by atoms with Crippen molar-refractivity contribution in [1.82, 2.24) is 0 Å². The standard InChI is InChI=1S/C15H13F3O3/c1-20-10-3-8(4-11(7-10)21-2)15(19)14-12(17)5-9(16)6-13(14)18/h3-7,15,19H,1-2H3. The Balaban J connectivity index is 2.52. The maximum absolute atomic E-state index is 13.7. The van der Waals surface area contributed by atoms with Crippen molar-refractivity contribution in [3.05, 3.63) is 58.9 Å². The third kappa shape index (κ3) is 3.11. The fourth-order valence-corrected chi connectivity index (χ4v) is 1.97. The van der Waals surface area contributed by atoms with Crippen LogP contribution in [0.4, 0.5) is 13.2 Å². The van der Waals surface area contributed by atoms with Gasteiger partial charge in [0.05, 0.1) is 19.8 Å². The second-order valence-electron chi connectivity index (χ2n) is 4.33. The van der Waals surface area contributed by atoms with Crippen molar-refractivity contribution in [2.24, 2.45) is 0 Å². The summed E-state index contributed by atoms with van der Waals surface area (Å²) in [5.74, 6) is -2.68. The van der Waals surface area contributed by atoms with Crippen LogP contribution in [0.2, 0.25) is 0 Å². The molecule has 3 nitrogen and oxygen atoms in total. The predicted molar refractivity (Wildman–Crippen MR) is 69.9 cm³/mol. The summed E-state index contributed by atoms with van der Waals surface area (Å²) >= 11 is 0. The van der Waals surface area contributed by atoms with Gasteiger partial charge in [0.25, 0.3) is 0 Å². The van der Waals surface area contributed by atoms with Gasteiger partial charge in [0.1, 0.15) is 35.1 Å². The number of benzene rings is 2. The number of halogens is 3. The van der Waals surface area contributed by atoms with Crippen molar-refractivity contribution in [1.29, 1.82) is 0 Å². The van der Waals surface area contributed by atoms with Gasteiger partial charge < -0.3 is 14.6 Å². The zero-order valence-electron chi connectivity index (χ0n) is 11.4. The highest BCUT2D eigenvalue weighted by atomic mass is 19.1. The lowest BCUT2D eigenvalue weighted by atomic mass is 10.00. The lowest BCUT2D eigenvalue weighted by Crippen LogP contribution is -2.07. The van der Waals surface area contributed by atoms with Crippen molar-refractivity contribution in [2.75, 3.05) is 14.2 Å². The fourth-order valence-electron chi connectivity index (χ4n) is 1.97. The normalized spacial score (nSPS) is 12.1. The van der Waals surface area contributed by atoms with Crippen LogP contribution in [0, 0.1) is 17.5 Å². The van der Waals surface area contributed by atoms with Crippen LogP contribution < -0.4 is 9.47 Å². The molecule has 0 bridgehead atoms. The summed E-state index contributed by atoms with van der Waals surface area (Å²) < 4.78 is 50.4. The van der Waals surface area contributed by atoms with Crippen molar-refractivity contribution in [3.8, 4) is 11.5 Å². The van der Waals surface area contributed by atoms with Crippen LogP contribution in [0.25, 0.3) is 0 Å². The van der Waals surface area contributed by atoms with Gasteiger partial charge in [0.15, 0.2) is 0 Å². The monoisotopic (exact) mass is 298 g/mol. The van der Waals surface area contributed by atoms with E-state index in [1.54, 1.807) is 6.07 Å². The number of rotatable bonds is 4. The maximum Gasteiger partial charge on any atom is 0.135 e. The van der Waals surface area contributed by atoms with Crippen LogP contribution in [-0.2, 0) is 0 Å². The Morgan fingerprint density at radius 1 is 0.857 bits per heavy atom. The zero-order valence-corrected chi connectivity index (χ0v) is 11.4. The molecule has 0 heterocycles. The number of aliphatic hydroxyl groups is 1. The lowest BCUT2D eigenvalue weighted by Gasteiger charge is -2.15. The first kappa shape index (κ1) is 15.2. The Bertz CT molecular complexity index is 613. The molecular weight excluding hydrogens is 285 g/mol. The molecule has 2 aromatic rings. The summed E-state index contributed by atoms with van der Waals surface area (Å²) in [6, 6.07) is 5.40. The smallest absolute Gasteiger partial charge is 0.135 e. The van der Waals surface area contributed by atoms with Gasteiger partial charge in [-0.3, -0.25) is 0 Å². The van der Waals surface area contributed by atoms with Crippen LogP contribution in [0.3, 0.4) is 0 Å². The second kappa shape index (κ2) is 6.05. The minimum Gasteiger partial charge on any atom is -0.497 e. The number of hydrogen-bond donors (Lipinski definition) is 1. The fraction of sp³-hybridized carbons (Fsp3) is 0.200. The molecule has 0 radical (unpaired) electrons. The average molecular weight is 298 g/mol. The molecule has 0 amide bonds. The Morgan fingerprint density at radius 2 is 1.33 bits per heavy atom. The van der Waals surface area contributed by atoms with E-state index in [0.717, 1.165) is 0 Å². The minimum absolute atomic E-state index is 0.163. The molecule has 1 N–H and O–H groups in total. The minimum atomic E-state index is -1.62. The molecule has 0 saturated carbocycles. The predicted octanol–water partition coefficient (Wildman–Crippen LogP) is 3.20. The number of ether oxygens (including phenoxy) is 2. The number of aliphatic hydroxyl groups excluding tert-OH is 1. The van der Waals surface area contributed by atoms with Crippen molar-refractivity contribution in [3.63, 3.8) is 0 Å². The highest BCUT2D eigenvalue weighted by Gasteiger charge is 2.22. The third-order valence-corrected chi connectivity index (χ3v) is 3.01. The van der Waals surface area contributed by atoms with E-state index in [-0.39, 0.29) is 5.56 Å². The third-order valence-electron chi connectivity index (χ3n) is 3.01. The molecule has 0 aliphatic heterocycles. The van der Waals surface area contributed by atoms with E-state index < -0.39 is 29.1 Å². The molecule has 0 aromatic heterocycles. The first-order valence-corrected chi connectivity index (χ1v) is 6.01. The quantitative estimate of drug-likeness (QED) is 0.942. The first-order chi connectivity index (χ1) is 9.96. The van der Waals surface area contributed by atoms with Gasteiger partial charge in [-0.1, -0.05) is 0 Å². The number of methoxy groups -OCH3 is 2. The van der Waals surface area contributed by atoms with Crippen LogP contribution in [0.15, 0.2) is 30.3 Å². The van der Waals surface area contributed by atoms with Crippen molar-refractivity contribution < 1.29 is 27.8 Å². The summed E-state index contributed by atoms with van der Waals surface area (Å²) in [5, 5.41) is 10.2. The summed E-state index contributed by atoms with van der Waals surface area (Å²) in [5.41, 5.74) is -0.470. The largest absolute Gasteiger partial charge is 0.497 e. The van der Waals surface area contributed by atoms with Gasteiger partial charge >= 0.3 is 0 Å². The molecule has 21 heavy (non-hydrogen) atoms. The first-order valence-electron chi connectivity index (χ1n) is 6.01. The van der Waals surface area contributed by atoms with Crippen LogP contribution >= 0.6 is 0 Å². The van der Waals surface area contributed by atoms with E-state index in [2.05, 4.69) is 0 Å². The van der Waals surface area contributed by atoms with Gasteiger partial charge in [0, 0.05) is 18.2 Å². The van der Waals surface area contributed by atoms with E-state index in [9.17, 15) is 18.3 Å². The molecule has 6 heteroatoms. The summed E-state index contributed by atoms with van der Waals surface area (Å²) in [4.78, 5) is 0. The van der Waals surface area contributed by atoms with Crippen LogP contribution in [0.5, 0.6) is 11.5 Å².